The lowest BCUT2D eigenvalue weighted by Gasteiger charge is -2.44. The molecule has 0 saturated carbocycles. The van der Waals surface area contributed by atoms with Crippen molar-refractivity contribution in [1.82, 2.24) is 4.57 Å². The lowest BCUT2D eigenvalue weighted by Crippen LogP contribution is -2.61. The first-order valence-corrected chi connectivity index (χ1v) is 21.3. The molecule has 308 valence electrons. The second kappa shape index (κ2) is 15.4. The molecule has 9 aromatic rings. The zero-order valence-corrected chi connectivity index (χ0v) is 35.1. The Bertz CT molecular complexity index is 3420. The van der Waals surface area contributed by atoms with Gasteiger partial charge < -0.3 is 14.4 Å². The number of benzene rings is 8. The van der Waals surface area contributed by atoms with Crippen molar-refractivity contribution in [2.24, 2.45) is 0 Å². The number of terminal acetylenes is 1. The van der Waals surface area contributed by atoms with Crippen LogP contribution in [0.15, 0.2) is 200 Å². The third kappa shape index (κ3) is 6.42. The first-order valence-electron chi connectivity index (χ1n) is 21.3. The zero-order valence-electron chi connectivity index (χ0n) is 35.1. The van der Waals surface area contributed by atoms with Crippen molar-refractivity contribution in [2.75, 3.05) is 9.80 Å². The molecule has 11 rings (SSSR count). The normalized spacial score (nSPS) is 13.3. The average molecular weight is 845 g/mol. The fourth-order valence-electron chi connectivity index (χ4n) is 9.77. The molecule has 0 amide bonds. The summed E-state index contributed by atoms with van der Waals surface area (Å²) in [6.07, 6.45) is 4.48. The molecule has 8 aromatic carbocycles. The molecule has 0 unspecified atom stereocenters. The number of para-hydroxylation sites is 5. The fraction of sp³-hybridized carbons (Fsp3) is 0.0351. The average Bonchev–Trinajstić information content (AvgIpc) is 3.67. The van der Waals surface area contributed by atoms with Gasteiger partial charge in [-0.05, 0) is 132 Å². The third-order valence-electron chi connectivity index (χ3n) is 12.6. The molecule has 3 heterocycles. The Kier molecular flexibility index (Phi) is 9.34. The van der Waals surface area contributed by atoms with Crippen molar-refractivity contribution < 1.29 is 13.2 Å². The predicted molar refractivity (Wildman–Crippen MR) is 261 cm³/mol. The molecule has 0 atom stereocenters. The van der Waals surface area contributed by atoms with E-state index < -0.39 is 11.7 Å². The summed E-state index contributed by atoms with van der Waals surface area (Å²) >= 11 is 0. The van der Waals surface area contributed by atoms with Crippen LogP contribution in [-0.2, 0) is 6.18 Å². The second-order valence-corrected chi connectivity index (χ2v) is 16.3. The van der Waals surface area contributed by atoms with E-state index in [0.717, 1.165) is 79.2 Å². The van der Waals surface area contributed by atoms with Gasteiger partial charge in [0.1, 0.15) is 0 Å². The Hall–Kier alpha value is -8.46. The summed E-state index contributed by atoms with van der Waals surface area (Å²) in [5.74, 6) is 2.61. The van der Waals surface area contributed by atoms with Crippen molar-refractivity contribution in [1.29, 1.82) is 5.26 Å². The van der Waals surface area contributed by atoms with Crippen molar-refractivity contribution in [3.05, 3.63) is 211 Å². The highest BCUT2D eigenvalue weighted by molar-refractivity contribution is 7.00. The van der Waals surface area contributed by atoms with Gasteiger partial charge in [0, 0.05) is 61.6 Å². The van der Waals surface area contributed by atoms with Gasteiger partial charge in [-0.2, -0.15) is 18.4 Å². The van der Waals surface area contributed by atoms with E-state index in [9.17, 15) is 18.4 Å². The number of alkyl halides is 3. The highest BCUT2D eigenvalue weighted by Crippen LogP contribution is 2.47. The van der Waals surface area contributed by atoms with E-state index in [-0.39, 0.29) is 17.8 Å². The summed E-state index contributed by atoms with van der Waals surface area (Å²) in [6, 6.07) is 63.0. The van der Waals surface area contributed by atoms with Gasteiger partial charge in [0.2, 0.25) is 0 Å². The summed E-state index contributed by atoms with van der Waals surface area (Å²) in [5.41, 5.74) is 14.2. The van der Waals surface area contributed by atoms with Crippen molar-refractivity contribution in [3.8, 4) is 35.2 Å². The molecule has 65 heavy (non-hydrogen) atoms. The Morgan fingerprint density at radius 2 is 1.14 bits per heavy atom. The number of anilines is 6. The van der Waals surface area contributed by atoms with Gasteiger partial charge in [0.15, 0.2) is 0 Å². The van der Waals surface area contributed by atoms with Crippen LogP contribution in [0.3, 0.4) is 0 Å². The summed E-state index contributed by atoms with van der Waals surface area (Å²) in [6.45, 7) is 1.59. The number of aromatic nitrogens is 1. The molecule has 2 aliphatic heterocycles. The van der Waals surface area contributed by atoms with Crippen LogP contribution in [0.2, 0.25) is 0 Å². The lowest BCUT2D eigenvalue weighted by atomic mass is 9.33. The number of nitriles is 1. The van der Waals surface area contributed by atoms with E-state index >= 15 is 0 Å². The standard InChI is InChI=1S/C57H36BF3N4/c1-3-38(27-26-37(2)36-62)45-35-41(57(59,60)61)29-31-50(45)65-49-23-13-10-20-44(49)46-32-39(28-30-51(46)65)40-33-54-56-55(34-40)64(43-18-8-5-9-19-43)53-25-15-12-22-48(53)58(56)47-21-11-14-24-52(47)63(54)42-16-6-4-7-17-42/h1,4-35H,2H3/b37-26+,38-27+. The van der Waals surface area contributed by atoms with Gasteiger partial charge in [-0.25, -0.2) is 0 Å². The Morgan fingerprint density at radius 3 is 1.74 bits per heavy atom. The molecule has 8 heteroatoms. The highest BCUT2D eigenvalue weighted by Gasteiger charge is 2.43. The molecule has 0 radical (unpaired) electrons. The summed E-state index contributed by atoms with van der Waals surface area (Å²) < 4.78 is 45.0. The number of halogens is 3. The summed E-state index contributed by atoms with van der Waals surface area (Å²) in [4.78, 5) is 4.76. The van der Waals surface area contributed by atoms with E-state index in [4.69, 9.17) is 6.42 Å². The summed E-state index contributed by atoms with van der Waals surface area (Å²) in [7, 11) is 0. The molecule has 0 spiro atoms. The van der Waals surface area contributed by atoms with Crippen LogP contribution in [0, 0.1) is 23.7 Å². The molecule has 0 N–H and O–H groups in total. The highest BCUT2D eigenvalue weighted by atomic mass is 19.4. The maximum Gasteiger partial charge on any atom is 0.416 e. The van der Waals surface area contributed by atoms with Gasteiger partial charge in [-0.15, -0.1) is 6.42 Å². The lowest BCUT2D eigenvalue weighted by molar-refractivity contribution is -0.137. The van der Waals surface area contributed by atoms with Crippen LogP contribution in [0.1, 0.15) is 18.1 Å². The fourth-order valence-corrected chi connectivity index (χ4v) is 9.77. The topological polar surface area (TPSA) is 35.2 Å². The van der Waals surface area contributed by atoms with Crippen molar-refractivity contribution in [3.63, 3.8) is 0 Å². The van der Waals surface area contributed by atoms with Crippen molar-refractivity contribution in [2.45, 2.75) is 13.1 Å². The van der Waals surface area contributed by atoms with Gasteiger partial charge in [0.05, 0.1) is 28.4 Å². The molecule has 2 aliphatic rings. The number of nitrogens with zero attached hydrogens (tertiary/aromatic N) is 4. The molecular weight excluding hydrogens is 808 g/mol. The monoisotopic (exact) mass is 844 g/mol. The minimum Gasteiger partial charge on any atom is -0.311 e. The molecule has 4 nitrogen and oxygen atoms in total. The summed E-state index contributed by atoms with van der Waals surface area (Å²) in [5, 5.41) is 11.3. The number of hydrogen-bond acceptors (Lipinski definition) is 3. The third-order valence-corrected chi connectivity index (χ3v) is 12.6. The smallest absolute Gasteiger partial charge is 0.311 e. The van der Waals surface area contributed by atoms with Crippen LogP contribution in [-0.4, -0.2) is 11.3 Å². The molecular formula is C57H36BF3N4. The van der Waals surface area contributed by atoms with E-state index in [1.165, 1.54) is 34.6 Å². The van der Waals surface area contributed by atoms with E-state index in [2.05, 4.69) is 143 Å². The maximum absolute atomic E-state index is 14.3. The van der Waals surface area contributed by atoms with E-state index in [1.807, 2.05) is 47.0 Å². The van der Waals surface area contributed by atoms with Gasteiger partial charge in [0.25, 0.3) is 6.71 Å². The molecule has 0 aliphatic carbocycles. The quantitative estimate of drug-likeness (QED) is 0.0724. The van der Waals surface area contributed by atoms with Crippen LogP contribution >= 0.6 is 0 Å². The Morgan fingerprint density at radius 1 is 0.569 bits per heavy atom. The molecule has 0 saturated heterocycles. The first-order chi connectivity index (χ1) is 31.7. The van der Waals surface area contributed by atoms with Crippen LogP contribution in [0.4, 0.5) is 47.3 Å². The van der Waals surface area contributed by atoms with Crippen molar-refractivity contribution >= 4 is 84.6 Å². The zero-order chi connectivity index (χ0) is 44.4. The second-order valence-electron chi connectivity index (χ2n) is 16.3. The van der Waals surface area contributed by atoms with Gasteiger partial charge in [-0.3, -0.25) is 0 Å². The molecule has 1 aromatic heterocycles. The SMILES string of the molecule is C#C/C(=C\C=C(/C)C#N)c1cc(C(F)(F)F)ccc1-n1c2ccccc2c2cc(-c3cc4c5c(c3)N(c3ccccc3)c3ccccc3B5c3ccccc3N4c3ccccc3)ccc21. The van der Waals surface area contributed by atoms with Crippen LogP contribution in [0.5, 0.6) is 0 Å². The Balaban J connectivity index is 1.18. The van der Waals surface area contributed by atoms with E-state index in [1.54, 1.807) is 6.92 Å². The van der Waals surface area contributed by atoms with Crippen LogP contribution < -0.4 is 26.2 Å². The number of fused-ring (bicyclic) bond motifs is 7. The number of hydrogen-bond donors (Lipinski definition) is 0. The van der Waals surface area contributed by atoms with Crippen LogP contribution in [0.25, 0.3) is 44.2 Å². The number of allylic oxidation sites excluding steroid dienone is 4. The number of rotatable bonds is 6. The van der Waals surface area contributed by atoms with Gasteiger partial charge in [-0.1, -0.05) is 103 Å². The largest absolute Gasteiger partial charge is 0.416 e. The minimum absolute atomic E-state index is 0.0268. The first kappa shape index (κ1) is 39.4. The maximum atomic E-state index is 14.3. The van der Waals surface area contributed by atoms with Gasteiger partial charge >= 0.3 is 6.18 Å². The molecule has 0 bridgehead atoms. The Labute approximate surface area is 375 Å². The predicted octanol–water partition coefficient (Wildman–Crippen LogP) is 13.0. The minimum atomic E-state index is -4.61. The van der Waals surface area contributed by atoms with E-state index in [0.29, 0.717) is 11.3 Å². The molecule has 0 fully saturated rings.